The summed E-state index contributed by atoms with van der Waals surface area (Å²) in [6, 6.07) is 4.88. The van der Waals surface area contributed by atoms with Crippen molar-refractivity contribution in [3.05, 3.63) is 34.3 Å². The Labute approximate surface area is 120 Å². The Morgan fingerprint density at radius 1 is 1.32 bits per heavy atom. The van der Waals surface area contributed by atoms with Crippen LogP contribution in [0.15, 0.2) is 22.7 Å². The number of nitrogens with two attached hydrogens (primary N) is 1. The summed E-state index contributed by atoms with van der Waals surface area (Å²) in [6.07, 6.45) is 0. The molecule has 2 aromatic rings. The van der Waals surface area contributed by atoms with E-state index in [-0.39, 0.29) is 11.4 Å². The van der Waals surface area contributed by atoms with Gasteiger partial charge in [-0.1, -0.05) is 15.9 Å². The van der Waals surface area contributed by atoms with Crippen LogP contribution in [0.3, 0.4) is 0 Å². The molecule has 0 aliphatic carbocycles. The standard InChI is InChI=1S/C14H17BrFN3/c1-8-18-12(13(17)19(8)14(2,3)4)10-6-5-9(15)7-11(10)16/h5-7H,17H2,1-4H3. The fraction of sp³-hybridized carbons (Fsp3) is 0.357. The molecule has 1 heterocycles. The number of hydrogen-bond donors (Lipinski definition) is 1. The average molecular weight is 326 g/mol. The van der Waals surface area contributed by atoms with Gasteiger partial charge in [0.05, 0.1) is 0 Å². The number of aryl methyl sites for hydroxylation is 1. The molecule has 102 valence electrons. The number of rotatable bonds is 1. The minimum Gasteiger partial charge on any atom is -0.383 e. The summed E-state index contributed by atoms with van der Waals surface area (Å²) < 4.78 is 16.6. The Kier molecular flexibility index (Phi) is 3.43. The number of aromatic nitrogens is 2. The Morgan fingerprint density at radius 2 is 1.95 bits per heavy atom. The van der Waals surface area contributed by atoms with E-state index >= 15 is 0 Å². The van der Waals surface area contributed by atoms with Crippen LogP contribution in [0, 0.1) is 12.7 Å². The second-order valence-electron chi connectivity index (χ2n) is 5.52. The van der Waals surface area contributed by atoms with Gasteiger partial charge in [0.1, 0.15) is 23.2 Å². The lowest BCUT2D eigenvalue weighted by Crippen LogP contribution is -2.24. The minimum atomic E-state index is -0.334. The molecule has 1 aromatic heterocycles. The molecule has 0 atom stereocenters. The van der Waals surface area contributed by atoms with Gasteiger partial charge in [-0.25, -0.2) is 9.37 Å². The molecule has 19 heavy (non-hydrogen) atoms. The van der Waals surface area contributed by atoms with Gasteiger partial charge in [-0.05, 0) is 45.9 Å². The molecule has 2 rings (SSSR count). The first-order valence-corrected chi connectivity index (χ1v) is 6.82. The number of benzene rings is 1. The van der Waals surface area contributed by atoms with E-state index in [0.29, 0.717) is 21.5 Å². The zero-order chi connectivity index (χ0) is 14.4. The summed E-state index contributed by atoms with van der Waals surface area (Å²) >= 11 is 3.24. The van der Waals surface area contributed by atoms with Crippen LogP contribution in [0.4, 0.5) is 10.2 Å². The average Bonchev–Trinajstić information content (AvgIpc) is 2.53. The van der Waals surface area contributed by atoms with Gasteiger partial charge in [0, 0.05) is 15.6 Å². The van der Waals surface area contributed by atoms with Crippen molar-refractivity contribution in [1.82, 2.24) is 9.55 Å². The van der Waals surface area contributed by atoms with E-state index in [2.05, 4.69) is 20.9 Å². The largest absolute Gasteiger partial charge is 0.383 e. The van der Waals surface area contributed by atoms with Crippen molar-refractivity contribution in [2.45, 2.75) is 33.2 Å². The molecule has 0 aliphatic rings. The first-order valence-electron chi connectivity index (χ1n) is 6.02. The predicted octanol–water partition coefficient (Wildman–Crippen LogP) is 4.10. The number of imidazole rings is 1. The van der Waals surface area contributed by atoms with Crippen molar-refractivity contribution in [1.29, 1.82) is 0 Å². The fourth-order valence-electron chi connectivity index (χ4n) is 2.28. The van der Waals surface area contributed by atoms with Crippen molar-refractivity contribution in [3.63, 3.8) is 0 Å². The van der Waals surface area contributed by atoms with Crippen LogP contribution in [-0.4, -0.2) is 9.55 Å². The smallest absolute Gasteiger partial charge is 0.133 e. The topological polar surface area (TPSA) is 43.8 Å². The molecule has 5 heteroatoms. The van der Waals surface area contributed by atoms with Gasteiger partial charge in [-0.2, -0.15) is 0 Å². The highest BCUT2D eigenvalue weighted by Crippen LogP contribution is 2.33. The summed E-state index contributed by atoms with van der Waals surface area (Å²) in [7, 11) is 0. The first-order chi connectivity index (χ1) is 8.71. The van der Waals surface area contributed by atoms with E-state index in [4.69, 9.17) is 5.73 Å². The summed E-state index contributed by atoms with van der Waals surface area (Å²) in [4.78, 5) is 4.42. The highest BCUT2D eigenvalue weighted by Gasteiger charge is 2.23. The Morgan fingerprint density at radius 3 is 2.42 bits per heavy atom. The SMILES string of the molecule is Cc1nc(-c2ccc(Br)cc2F)c(N)n1C(C)(C)C. The summed E-state index contributed by atoms with van der Waals surface area (Å²) in [5.41, 5.74) is 6.88. The molecule has 0 radical (unpaired) electrons. The van der Waals surface area contributed by atoms with Crippen LogP contribution in [-0.2, 0) is 5.54 Å². The zero-order valence-corrected chi connectivity index (χ0v) is 13.0. The van der Waals surface area contributed by atoms with Gasteiger partial charge in [0.2, 0.25) is 0 Å². The Bertz CT molecular complexity index is 626. The van der Waals surface area contributed by atoms with E-state index < -0.39 is 0 Å². The van der Waals surface area contributed by atoms with Crippen LogP contribution in [0.25, 0.3) is 11.3 Å². The number of hydrogen-bond acceptors (Lipinski definition) is 2. The van der Waals surface area contributed by atoms with Crippen molar-refractivity contribution < 1.29 is 4.39 Å². The normalized spacial score (nSPS) is 11.9. The van der Waals surface area contributed by atoms with Gasteiger partial charge >= 0.3 is 0 Å². The molecule has 0 unspecified atom stereocenters. The fourth-order valence-corrected chi connectivity index (χ4v) is 2.61. The molecular weight excluding hydrogens is 309 g/mol. The van der Waals surface area contributed by atoms with Crippen LogP contribution < -0.4 is 5.73 Å². The number of nitrogens with zero attached hydrogens (tertiary/aromatic N) is 2. The molecule has 0 fully saturated rings. The molecule has 0 aliphatic heterocycles. The molecule has 0 amide bonds. The van der Waals surface area contributed by atoms with Gasteiger partial charge in [-0.3, -0.25) is 0 Å². The number of nitrogen functional groups attached to an aromatic ring is 1. The third kappa shape index (κ3) is 2.52. The quantitative estimate of drug-likeness (QED) is 0.857. The molecule has 2 N–H and O–H groups in total. The first kappa shape index (κ1) is 14.1. The van der Waals surface area contributed by atoms with Gasteiger partial charge in [0.25, 0.3) is 0 Å². The molecule has 1 aromatic carbocycles. The van der Waals surface area contributed by atoms with E-state index in [1.165, 1.54) is 6.07 Å². The van der Waals surface area contributed by atoms with Crippen molar-refractivity contribution in [2.24, 2.45) is 0 Å². The molecule has 0 saturated carbocycles. The second-order valence-corrected chi connectivity index (χ2v) is 6.44. The molecule has 3 nitrogen and oxygen atoms in total. The minimum absolute atomic E-state index is 0.189. The van der Waals surface area contributed by atoms with Gasteiger partial charge in [0.15, 0.2) is 0 Å². The van der Waals surface area contributed by atoms with Crippen molar-refractivity contribution in [2.75, 3.05) is 5.73 Å². The zero-order valence-electron chi connectivity index (χ0n) is 11.5. The maximum absolute atomic E-state index is 14.0. The number of anilines is 1. The molecular formula is C14H17BrFN3. The second kappa shape index (κ2) is 4.63. The van der Waals surface area contributed by atoms with Crippen LogP contribution >= 0.6 is 15.9 Å². The molecule has 0 bridgehead atoms. The lowest BCUT2D eigenvalue weighted by Gasteiger charge is -2.24. The van der Waals surface area contributed by atoms with Crippen molar-refractivity contribution >= 4 is 21.7 Å². The highest BCUT2D eigenvalue weighted by atomic mass is 79.9. The number of halogens is 2. The van der Waals surface area contributed by atoms with E-state index in [0.717, 1.165) is 5.82 Å². The maximum atomic E-state index is 14.0. The van der Waals surface area contributed by atoms with Crippen LogP contribution in [0.1, 0.15) is 26.6 Å². The Hall–Kier alpha value is -1.36. The third-order valence-corrected chi connectivity index (χ3v) is 3.43. The maximum Gasteiger partial charge on any atom is 0.133 e. The summed E-state index contributed by atoms with van der Waals surface area (Å²) in [5.74, 6) is 0.938. The third-order valence-electron chi connectivity index (χ3n) is 2.94. The van der Waals surface area contributed by atoms with Crippen molar-refractivity contribution in [3.8, 4) is 11.3 Å². The van der Waals surface area contributed by atoms with Crippen LogP contribution in [0.5, 0.6) is 0 Å². The van der Waals surface area contributed by atoms with Crippen LogP contribution in [0.2, 0.25) is 0 Å². The summed E-state index contributed by atoms with van der Waals surface area (Å²) in [6.45, 7) is 8.00. The van der Waals surface area contributed by atoms with Gasteiger partial charge < -0.3 is 10.3 Å². The monoisotopic (exact) mass is 325 g/mol. The summed E-state index contributed by atoms with van der Waals surface area (Å²) in [5, 5.41) is 0. The van der Waals surface area contributed by atoms with E-state index in [9.17, 15) is 4.39 Å². The molecule has 0 spiro atoms. The lowest BCUT2D eigenvalue weighted by atomic mass is 10.1. The Balaban J connectivity index is 2.65. The van der Waals surface area contributed by atoms with Gasteiger partial charge in [-0.15, -0.1) is 0 Å². The molecule has 0 saturated heterocycles. The lowest BCUT2D eigenvalue weighted by molar-refractivity contribution is 0.393. The van der Waals surface area contributed by atoms with E-state index in [1.54, 1.807) is 12.1 Å². The van der Waals surface area contributed by atoms with E-state index in [1.807, 2.05) is 32.3 Å². The highest BCUT2D eigenvalue weighted by molar-refractivity contribution is 9.10. The predicted molar refractivity (Wildman–Crippen MR) is 79.5 cm³/mol.